The molecule has 2 aliphatic rings. The largest absolute Gasteiger partial charge is 0.496 e. The molecule has 158 valence electrons. The summed E-state index contributed by atoms with van der Waals surface area (Å²) in [7, 11) is -2.19. The number of carbonyl (C=O) groups is 1. The van der Waals surface area contributed by atoms with E-state index < -0.39 is 15.8 Å². The second kappa shape index (κ2) is 8.08. The zero-order chi connectivity index (χ0) is 21.3. The molecule has 0 radical (unpaired) electrons. The van der Waals surface area contributed by atoms with E-state index in [4.69, 9.17) is 4.74 Å². The molecule has 30 heavy (non-hydrogen) atoms. The molecule has 7 nitrogen and oxygen atoms in total. The van der Waals surface area contributed by atoms with Gasteiger partial charge in [0.25, 0.3) is 0 Å². The van der Waals surface area contributed by atoms with E-state index in [9.17, 15) is 17.6 Å². The van der Waals surface area contributed by atoms with Crippen molar-refractivity contribution in [1.82, 2.24) is 14.5 Å². The van der Waals surface area contributed by atoms with E-state index in [1.807, 2.05) is 24.3 Å². The Balaban J connectivity index is 1.35. The van der Waals surface area contributed by atoms with Gasteiger partial charge in [0.1, 0.15) is 11.6 Å². The highest BCUT2D eigenvalue weighted by atomic mass is 32.2. The van der Waals surface area contributed by atoms with Crippen LogP contribution in [0.15, 0.2) is 64.6 Å². The fourth-order valence-electron chi connectivity index (χ4n) is 3.77. The topological polar surface area (TPSA) is 79.0 Å². The van der Waals surface area contributed by atoms with Gasteiger partial charge >= 0.3 is 6.03 Å². The molecule has 0 spiro atoms. The quantitative estimate of drug-likeness (QED) is 0.738. The van der Waals surface area contributed by atoms with Crippen LogP contribution in [-0.2, 0) is 16.6 Å². The first-order chi connectivity index (χ1) is 14.4. The molecule has 2 aliphatic heterocycles. The summed E-state index contributed by atoms with van der Waals surface area (Å²) in [6.45, 7) is 1.52. The van der Waals surface area contributed by atoms with E-state index in [2.05, 4.69) is 5.32 Å². The molecule has 0 aromatic heterocycles. The summed E-state index contributed by atoms with van der Waals surface area (Å²) < 4.78 is 45.6. The predicted octanol–water partition coefficient (Wildman–Crippen LogP) is 2.36. The number of nitrogens with one attached hydrogen (secondary N) is 1. The zero-order valence-corrected chi connectivity index (χ0v) is 17.3. The Morgan fingerprint density at radius 1 is 1.07 bits per heavy atom. The van der Waals surface area contributed by atoms with Gasteiger partial charge in [-0.1, -0.05) is 24.3 Å². The summed E-state index contributed by atoms with van der Waals surface area (Å²) in [6.07, 6.45) is 0. The molecule has 0 fully saturated rings. The minimum Gasteiger partial charge on any atom is -0.496 e. The average Bonchev–Trinajstić information content (AvgIpc) is 3.32. The molecule has 4 rings (SSSR count). The maximum Gasteiger partial charge on any atom is 0.318 e. The predicted molar refractivity (Wildman–Crippen MR) is 109 cm³/mol. The molecule has 2 aromatic rings. The van der Waals surface area contributed by atoms with E-state index in [1.165, 1.54) is 22.5 Å². The van der Waals surface area contributed by atoms with E-state index in [-0.39, 0.29) is 24.0 Å². The Morgan fingerprint density at radius 2 is 1.77 bits per heavy atom. The lowest BCUT2D eigenvalue weighted by Crippen LogP contribution is -2.41. The van der Waals surface area contributed by atoms with Crippen molar-refractivity contribution in [3.05, 3.63) is 71.1 Å². The molecule has 0 atom stereocenters. The number of hydrogen-bond acceptors (Lipinski definition) is 4. The summed E-state index contributed by atoms with van der Waals surface area (Å²) in [5.74, 6) is 0.117. The van der Waals surface area contributed by atoms with Crippen LogP contribution >= 0.6 is 0 Å². The normalized spacial score (nSPS) is 16.7. The molecule has 1 N–H and O–H groups in total. The molecule has 0 unspecified atom stereocenters. The Bertz CT molecular complexity index is 1100. The van der Waals surface area contributed by atoms with Crippen molar-refractivity contribution in [1.29, 1.82) is 0 Å². The number of benzene rings is 2. The number of amides is 2. The molecule has 2 aromatic carbocycles. The van der Waals surface area contributed by atoms with Gasteiger partial charge in [0.2, 0.25) is 10.0 Å². The van der Waals surface area contributed by atoms with Gasteiger partial charge in [0, 0.05) is 38.3 Å². The van der Waals surface area contributed by atoms with Crippen molar-refractivity contribution in [2.24, 2.45) is 0 Å². The monoisotopic (exact) mass is 431 g/mol. The number of carbonyl (C=O) groups excluding carboxylic acids is 1. The van der Waals surface area contributed by atoms with Crippen LogP contribution in [0.2, 0.25) is 0 Å². The van der Waals surface area contributed by atoms with Gasteiger partial charge in [0.05, 0.1) is 12.0 Å². The van der Waals surface area contributed by atoms with Gasteiger partial charge in [0.15, 0.2) is 0 Å². The maximum atomic E-state index is 13.4. The Labute approximate surface area is 174 Å². The van der Waals surface area contributed by atoms with Crippen molar-refractivity contribution in [3.63, 3.8) is 0 Å². The van der Waals surface area contributed by atoms with E-state index in [0.717, 1.165) is 22.8 Å². The number of para-hydroxylation sites is 1. The first-order valence-corrected chi connectivity index (χ1v) is 10.9. The van der Waals surface area contributed by atoms with Crippen LogP contribution in [0.4, 0.5) is 9.18 Å². The number of sulfonamides is 1. The van der Waals surface area contributed by atoms with Gasteiger partial charge < -0.3 is 15.0 Å². The van der Waals surface area contributed by atoms with Crippen LogP contribution in [0.5, 0.6) is 5.75 Å². The summed E-state index contributed by atoms with van der Waals surface area (Å²) in [5, 5.41) is 2.89. The first kappa shape index (κ1) is 20.4. The van der Waals surface area contributed by atoms with E-state index in [0.29, 0.717) is 25.4 Å². The van der Waals surface area contributed by atoms with Crippen LogP contribution in [0.25, 0.3) is 0 Å². The van der Waals surface area contributed by atoms with Gasteiger partial charge in [-0.2, -0.15) is 4.31 Å². The second-order valence-electron chi connectivity index (χ2n) is 7.26. The Kier molecular flexibility index (Phi) is 5.48. The second-order valence-corrected chi connectivity index (χ2v) is 9.20. The number of nitrogens with zero attached hydrogens (tertiary/aromatic N) is 2. The number of methoxy groups -OCH3 is 1. The van der Waals surface area contributed by atoms with Crippen molar-refractivity contribution < 1.29 is 22.3 Å². The van der Waals surface area contributed by atoms with Gasteiger partial charge in [-0.05, 0) is 35.4 Å². The van der Waals surface area contributed by atoms with Gasteiger partial charge in [-0.25, -0.2) is 17.6 Å². The number of hydrogen-bond donors (Lipinski definition) is 1. The molecule has 9 heteroatoms. The lowest BCUT2D eigenvalue weighted by atomic mass is 10.2. The summed E-state index contributed by atoms with van der Waals surface area (Å²) in [5.41, 5.74) is 2.71. The molecule has 0 saturated heterocycles. The molecule has 0 aliphatic carbocycles. The fraction of sp³-hybridized carbons (Fsp3) is 0.286. The third kappa shape index (κ3) is 3.90. The molecular formula is C21H22FN3O4S. The van der Waals surface area contributed by atoms with E-state index in [1.54, 1.807) is 12.0 Å². The van der Waals surface area contributed by atoms with Crippen LogP contribution in [-0.4, -0.2) is 56.9 Å². The van der Waals surface area contributed by atoms with Gasteiger partial charge in [-0.15, -0.1) is 0 Å². The highest BCUT2D eigenvalue weighted by Crippen LogP contribution is 2.30. The first-order valence-electron chi connectivity index (χ1n) is 9.48. The lowest BCUT2D eigenvalue weighted by Gasteiger charge is -2.23. The van der Waals surface area contributed by atoms with Crippen molar-refractivity contribution in [2.45, 2.75) is 11.4 Å². The highest BCUT2D eigenvalue weighted by molar-refractivity contribution is 7.89. The molecule has 2 heterocycles. The van der Waals surface area contributed by atoms with Crippen LogP contribution in [0.1, 0.15) is 5.56 Å². The average molecular weight is 431 g/mol. The third-order valence-electron chi connectivity index (χ3n) is 5.34. The Morgan fingerprint density at radius 3 is 2.43 bits per heavy atom. The third-order valence-corrected chi connectivity index (χ3v) is 7.13. The van der Waals surface area contributed by atoms with Crippen molar-refractivity contribution >= 4 is 16.1 Å². The summed E-state index contributed by atoms with van der Waals surface area (Å²) >= 11 is 0. The minimum absolute atomic E-state index is 0.0601. The van der Waals surface area contributed by atoms with Crippen LogP contribution in [0, 0.1) is 5.82 Å². The molecular weight excluding hydrogens is 409 g/mol. The fourth-order valence-corrected chi connectivity index (χ4v) is 5.23. The number of rotatable bonds is 5. The Hall–Kier alpha value is -2.91. The van der Waals surface area contributed by atoms with Crippen LogP contribution < -0.4 is 10.1 Å². The lowest BCUT2D eigenvalue weighted by molar-refractivity contribution is 0.207. The number of ether oxygens (including phenoxy) is 1. The molecule has 0 bridgehead atoms. The smallest absolute Gasteiger partial charge is 0.318 e. The van der Waals surface area contributed by atoms with E-state index >= 15 is 0 Å². The molecule has 0 saturated carbocycles. The van der Waals surface area contributed by atoms with Crippen molar-refractivity contribution in [3.8, 4) is 5.75 Å². The van der Waals surface area contributed by atoms with Gasteiger partial charge in [-0.3, -0.25) is 0 Å². The SMILES string of the molecule is COc1ccccc1CNC(=O)N1CC2=C(C1)CN(S(=O)(=O)c1cccc(F)c1)C2. The maximum absolute atomic E-state index is 13.4. The number of urea groups is 1. The highest BCUT2D eigenvalue weighted by Gasteiger charge is 2.37. The summed E-state index contributed by atoms with van der Waals surface area (Å²) in [6, 6.07) is 12.3. The zero-order valence-electron chi connectivity index (χ0n) is 16.5. The number of halogens is 1. The molecule has 2 amide bonds. The minimum atomic E-state index is -3.78. The van der Waals surface area contributed by atoms with Crippen LogP contribution in [0.3, 0.4) is 0 Å². The standard InChI is InChI=1S/C21H22FN3O4S/c1-29-20-8-3-2-5-15(20)10-23-21(26)24-11-16-13-25(14-17(16)12-24)30(27,28)19-7-4-6-18(22)9-19/h2-9H,10-14H2,1H3,(H,23,26). The summed E-state index contributed by atoms with van der Waals surface area (Å²) in [4.78, 5) is 14.2. The van der Waals surface area contributed by atoms with Crippen molar-refractivity contribution in [2.75, 3.05) is 33.3 Å².